The second-order valence-corrected chi connectivity index (χ2v) is 5.32. The van der Waals surface area contributed by atoms with Crippen LogP contribution in [-0.4, -0.2) is 10.8 Å². The predicted octanol–water partition coefficient (Wildman–Crippen LogP) is 3.50. The van der Waals surface area contributed by atoms with E-state index in [1.807, 2.05) is 6.92 Å². The Labute approximate surface area is 129 Å². The number of hydrogen-bond acceptors (Lipinski definition) is 4. The molecule has 2 rings (SSSR count). The highest BCUT2D eigenvalue weighted by atomic mass is 79.9. The van der Waals surface area contributed by atoms with E-state index in [1.54, 1.807) is 24.3 Å². The molecule has 0 heterocycles. The van der Waals surface area contributed by atoms with Crippen LogP contribution in [0.25, 0.3) is 0 Å². The molecule has 0 aliphatic heterocycles. The number of nitro groups is 1. The first kappa shape index (κ1) is 15.0. The number of benzene rings is 2. The fraction of sp³-hybridized carbons (Fsp3) is 0.0714. The third-order valence-electron chi connectivity index (χ3n) is 2.85. The van der Waals surface area contributed by atoms with Gasteiger partial charge in [0.05, 0.1) is 15.0 Å². The fourth-order valence-electron chi connectivity index (χ4n) is 1.82. The highest BCUT2D eigenvalue weighted by Gasteiger charge is 2.15. The van der Waals surface area contributed by atoms with Crippen LogP contribution in [0, 0.1) is 17.0 Å². The summed E-state index contributed by atoms with van der Waals surface area (Å²) in [6.07, 6.45) is 0. The molecule has 1 amide bonds. The van der Waals surface area contributed by atoms with Gasteiger partial charge >= 0.3 is 0 Å². The lowest BCUT2D eigenvalue weighted by Crippen LogP contribution is -2.14. The van der Waals surface area contributed by atoms with Crippen LogP contribution in [0.4, 0.5) is 17.1 Å². The van der Waals surface area contributed by atoms with Gasteiger partial charge in [0.15, 0.2) is 0 Å². The van der Waals surface area contributed by atoms with Crippen molar-refractivity contribution in [2.45, 2.75) is 6.92 Å². The molecule has 0 saturated carbocycles. The summed E-state index contributed by atoms with van der Waals surface area (Å²) >= 11 is 3.09. The average molecular weight is 350 g/mol. The number of aryl methyl sites for hydroxylation is 1. The number of hydrogen-bond donors (Lipinski definition) is 2. The summed E-state index contributed by atoms with van der Waals surface area (Å²) < 4.78 is 0.348. The molecule has 6 nitrogen and oxygen atoms in total. The van der Waals surface area contributed by atoms with Crippen LogP contribution < -0.4 is 11.1 Å². The topological polar surface area (TPSA) is 98.3 Å². The van der Waals surface area contributed by atoms with Crippen LogP contribution in [0.2, 0.25) is 0 Å². The number of anilines is 2. The van der Waals surface area contributed by atoms with Gasteiger partial charge in [0.1, 0.15) is 0 Å². The van der Waals surface area contributed by atoms with Crippen molar-refractivity contribution in [1.29, 1.82) is 0 Å². The molecule has 0 bridgehead atoms. The van der Waals surface area contributed by atoms with E-state index in [2.05, 4.69) is 21.2 Å². The predicted molar refractivity (Wildman–Crippen MR) is 84.3 cm³/mol. The molecule has 0 unspecified atom stereocenters. The van der Waals surface area contributed by atoms with E-state index < -0.39 is 10.8 Å². The molecule has 108 valence electrons. The van der Waals surface area contributed by atoms with Crippen molar-refractivity contribution >= 4 is 38.9 Å². The number of nitrogens with two attached hydrogens (primary N) is 1. The zero-order valence-corrected chi connectivity index (χ0v) is 12.7. The molecule has 0 spiro atoms. The number of nitrogens with one attached hydrogen (secondary N) is 1. The number of nitrogens with zero attached hydrogens (tertiary/aromatic N) is 1. The summed E-state index contributed by atoms with van der Waals surface area (Å²) in [4.78, 5) is 22.5. The van der Waals surface area contributed by atoms with Gasteiger partial charge in [0.25, 0.3) is 11.6 Å². The Bertz CT molecular complexity index is 731. The van der Waals surface area contributed by atoms with E-state index in [4.69, 9.17) is 5.73 Å². The number of nitrogen functional groups attached to an aromatic ring is 1. The van der Waals surface area contributed by atoms with Gasteiger partial charge in [-0.2, -0.15) is 0 Å². The van der Waals surface area contributed by atoms with Crippen molar-refractivity contribution in [3.8, 4) is 0 Å². The molecule has 0 aliphatic rings. The van der Waals surface area contributed by atoms with Crippen LogP contribution in [0.3, 0.4) is 0 Å². The quantitative estimate of drug-likeness (QED) is 0.503. The van der Waals surface area contributed by atoms with Crippen molar-refractivity contribution in [3.63, 3.8) is 0 Å². The Balaban J connectivity index is 2.27. The molecule has 3 N–H and O–H groups in total. The lowest BCUT2D eigenvalue weighted by Gasteiger charge is -2.08. The molecule has 0 aliphatic carbocycles. The van der Waals surface area contributed by atoms with Gasteiger partial charge in [-0.15, -0.1) is 0 Å². The molecule has 2 aromatic carbocycles. The summed E-state index contributed by atoms with van der Waals surface area (Å²) in [5.41, 5.74) is 7.64. The summed E-state index contributed by atoms with van der Waals surface area (Å²) in [6.45, 7) is 1.87. The van der Waals surface area contributed by atoms with Crippen molar-refractivity contribution in [1.82, 2.24) is 0 Å². The third kappa shape index (κ3) is 3.38. The van der Waals surface area contributed by atoms with Gasteiger partial charge in [-0.25, -0.2) is 0 Å². The molecule has 0 atom stereocenters. The largest absolute Gasteiger partial charge is 0.398 e. The number of rotatable bonds is 3. The third-order valence-corrected chi connectivity index (χ3v) is 3.52. The number of amides is 1. The monoisotopic (exact) mass is 349 g/mol. The zero-order chi connectivity index (χ0) is 15.6. The minimum atomic E-state index is -0.528. The highest BCUT2D eigenvalue weighted by molar-refractivity contribution is 9.10. The maximum Gasteiger partial charge on any atom is 0.285 e. The van der Waals surface area contributed by atoms with Crippen LogP contribution in [0.5, 0.6) is 0 Å². The Morgan fingerprint density at radius 2 is 2.00 bits per heavy atom. The zero-order valence-electron chi connectivity index (χ0n) is 11.1. The Kier molecular flexibility index (Phi) is 4.23. The highest BCUT2D eigenvalue weighted by Crippen LogP contribution is 2.28. The number of carbonyl (C=O) groups excluding carboxylic acids is 1. The lowest BCUT2D eigenvalue weighted by atomic mass is 10.1. The second kappa shape index (κ2) is 5.92. The second-order valence-electron chi connectivity index (χ2n) is 4.47. The molecular weight excluding hydrogens is 338 g/mol. The molecule has 21 heavy (non-hydrogen) atoms. The van der Waals surface area contributed by atoms with Gasteiger partial charge in [0, 0.05) is 17.4 Å². The normalized spacial score (nSPS) is 10.2. The van der Waals surface area contributed by atoms with E-state index >= 15 is 0 Å². The van der Waals surface area contributed by atoms with Crippen molar-refractivity contribution in [3.05, 3.63) is 62.1 Å². The standard InChI is InChI=1S/C14H12BrN3O3/c1-8-2-4-10(12(16)6-8)14(19)17-9-3-5-11(15)13(7-9)18(20)21/h2-7H,16H2,1H3,(H,17,19). The van der Waals surface area contributed by atoms with Crippen LogP contribution in [-0.2, 0) is 0 Å². The van der Waals surface area contributed by atoms with Crippen LogP contribution >= 0.6 is 15.9 Å². The van der Waals surface area contributed by atoms with Crippen LogP contribution in [0.1, 0.15) is 15.9 Å². The van der Waals surface area contributed by atoms with Gasteiger partial charge in [-0.05, 0) is 52.7 Å². The molecule has 0 saturated heterocycles. The first-order valence-corrected chi connectivity index (χ1v) is 6.79. The first-order valence-electron chi connectivity index (χ1n) is 6.00. The average Bonchev–Trinajstić information content (AvgIpc) is 2.40. The maximum atomic E-state index is 12.1. The summed E-state index contributed by atoms with van der Waals surface area (Å²) in [6, 6.07) is 9.44. The lowest BCUT2D eigenvalue weighted by molar-refractivity contribution is -0.385. The number of halogens is 1. The van der Waals surface area contributed by atoms with E-state index in [-0.39, 0.29) is 5.69 Å². The van der Waals surface area contributed by atoms with Crippen molar-refractivity contribution in [2.24, 2.45) is 0 Å². The molecule has 2 aromatic rings. The fourth-order valence-corrected chi connectivity index (χ4v) is 2.21. The molecule has 0 fully saturated rings. The summed E-state index contributed by atoms with van der Waals surface area (Å²) in [5.74, 6) is -0.413. The summed E-state index contributed by atoms with van der Waals surface area (Å²) in [7, 11) is 0. The number of nitro benzene ring substituents is 1. The molecule has 7 heteroatoms. The Morgan fingerprint density at radius 1 is 1.29 bits per heavy atom. The van der Waals surface area contributed by atoms with Gasteiger partial charge in [-0.3, -0.25) is 14.9 Å². The van der Waals surface area contributed by atoms with Crippen LogP contribution in [0.15, 0.2) is 40.9 Å². The van der Waals surface area contributed by atoms with E-state index in [1.165, 1.54) is 12.1 Å². The van der Waals surface area contributed by atoms with E-state index in [0.29, 0.717) is 21.4 Å². The Hall–Kier alpha value is -2.41. The van der Waals surface area contributed by atoms with Crippen molar-refractivity contribution in [2.75, 3.05) is 11.1 Å². The molecular formula is C14H12BrN3O3. The molecule has 0 radical (unpaired) electrons. The minimum Gasteiger partial charge on any atom is -0.398 e. The first-order chi connectivity index (χ1) is 9.88. The summed E-state index contributed by atoms with van der Waals surface area (Å²) in [5, 5.41) is 13.5. The van der Waals surface area contributed by atoms with E-state index in [9.17, 15) is 14.9 Å². The van der Waals surface area contributed by atoms with Gasteiger partial charge in [-0.1, -0.05) is 6.07 Å². The van der Waals surface area contributed by atoms with Gasteiger partial charge in [0.2, 0.25) is 0 Å². The van der Waals surface area contributed by atoms with Crippen molar-refractivity contribution < 1.29 is 9.72 Å². The maximum absolute atomic E-state index is 12.1. The molecule has 0 aromatic heterocycles. The minimum absolute atomic E-state index is 0.121. The van der Waals surface area contributed by atoms with E-state index in [0.717, 1.165) is 5.56 Å². The SMILES string of the molecule is Cc1ccc(C(=O)Nc2ccc(Br)c([N+](=O)[O-])c2)c(N)c1. The smallest absolute Gasteiger partial charge is 0.285 e. The number of carbonyl (C=O) groups is 1. The van der Waals surface area contributed by atoms with Gasteiger partial charge < -0.3 is 11.1 Å². The Morgan fingerprint density at radius 3 is 2.62 bits per heavy atom.